The van der Waals surface area contributed by atoms with Gasteiger partial charge in [0.15, 0.2) is 0 Å². The number of ketones is 1. The minimum Gasteiger partial charge on any atom is -0.496 e. The maximum Gasteiger partial charge on any atom is 0.207 e. The third-order valence-electron chi connectivity index (χ3n) is 3.48. The van der Waals surface area contributed by atoms with Gasteiger partial charge in [-0.3, -0.25) is 4.79 Å². The van der Waals surface area contributed by atoms with Gasteiger partial charge in [0.2, 0.25) is 5.78 Å². The molecule has 2 nitrogen and oxygen atoms in total. The quantitative estimate of drug-likeness (QED) is 0.727. The number of methoxy groups -OCH3 is 1. The highest BCUT2D eigenvalue weighted by atomic mass is 79.9. The number of hydrogen-bond acceptors (Lipinski definition) is 3. The molecule has 0 bridgehead atoms. The van der Waals surface area contributed by atoms with Crippen LogP contribution < -0.4 is 4.74 Å². The first-order valence-electron chi connectivity index (χ1n) is 6.32. The van der Waals surface area contributed by atoms with Crippen molar-refractivity contribution < 1.29 is 9.53 Å². The molecule has 1 heterocycles. The lowest BCUT2D eigenvalue weighted by Gasteiger charge is -2.14. The Hall–Kier alpha value is -1.13. The molecule has 0 aliphatic carbocycles. The molecular weight excluding hydrogens is 336 g/mol. The Morgan fingerprint density at radius 3 is 2.30 bits per heavy atom. The van der Waals surface area contributed by atoms with E-state index in [1.54, 1.807) is 7.11 Å². The van der Waals surface area contributed by atoms with E-state index in [1.165, 1.54) is 16.2 Å². The smallest absolute Gasteiger partial charge is 0.207 e. The molecule has 1 aromatic carbocycles. The Morgan fingerprint density at radius 2 is 1.80 bits per heavy atom. The summed E-state index contributed by atoms with van der Waals surface area (Å²) in [5.74, 6) is 0.698. The summed E-state index contributed by atoms with van der Waals surface area (Å²) in [7, 11) is 1.61. The maximum atomic E-state index is 12.8. The Kier molecular flexibility index (Phi) is 4.35. The topological polar surface area (TPSA) is 26.3 Å². The Bertz CT molecular complexity index is 667. The van der Waals surface area contributed by atoms with Crippen LogP contribution >= 0.6 is 27.3 Å². The zero-order valence-electron chi connectivity index (χ0n) is 12.3. The summed E-state index contributed by atoms with van der Waals surface area (Å²) in [5.41, 5.74) is 3.68. The van der Waals surface area contributed by atoms with Crippen molar-refractivity contribution in [3.63, 3.8) is 0 Å². The second-order valence-corrected chi connectivity index (χ2v) is 7.00. The van der Waals surface area contributed by atoms with Crippen molar-refractivity contribution in [1.82, 2.24) is 0 Å². The van der Waals surface area contributed by atoms with Gasteiger partial charge < -0.3 is 4.74 Å². The minimum absolute atomic E-state index is 0.0324. The monoisotopic (exact) mass is 352 g/mol. The summed E-state index contributed by atoms with van der Waals surface area (Å²) in [6.45, 7) is 7.95. The van der Waals surface area contributed by atoms with Gasteiger partial charge in [0.1, 0.15) is 5.75 Å². The van der Waals surface area contributed by atoms with E-state index in [0.717, 1.165) is 26.0 Å². The number of thiophene rings is 1. The normalized spacial score (nSPS) is 10.7. The van der Waals surface area contributed by atoms with Gasteiger partial charge >= 0.3 is 0 Å². The highest BCUT2D eigenvalue weighted by Gasteiger charge is 2.22. The largest absolute Gasteiger partial charge is 0.496 e. The molecule has 20 heavy (non-hydrogen) atoms. The molecule has 0 aliphatic rings. The van der Waals surface area contributed by atoms with Gasteiger partial charge in [-0.15, -0.1) is 11.3 Å². The van der Waals surface area contributed by atoms with E-state index < -0.39 is 0 Å². The third kappa shape index (κ3) is 2.54. The first-order valence-corrected chi connectivity index (χ1v) is 7.93. The molecule has 0 unspecified atom stereocenters. The van der Waals surface area contributed by atoms with Crippen LogP contribution in [0.1, 0.15) is 36.8 Å². The van der Waals surface area contributed by atoms with Crippen molar-refractivity contribution in [2.75, 3.05) is 7.11 Å². The highest BCUT2D eigenvalue weighted by molar-refractivity contribution is 9.10. The molecule has 0 saturated heterocycles. The third-order valence-corrected chi connectivity index (χ3v) is 5.46. The van der Waals surface area contributed by atoms with E-state index in [0.29, 0.717) is 11.3 Å². The summed E-state index contributed by atoms with van der Waals surface area (Å²) in [6.07, 6.45) is 0. The standard InChI is InChI=1S/C16H17BrO2S/c1-8-7-13(20-11(8)4)15(18)14-10(3)12(17)6-9(2)16(14)19-5/h6-7H,1-5H3. The minimum atomic E-state index is 0.0324. The molecule has 106 valence electrons. The number of carbonyl (C=O) groups excluding carboxylic acids is 1. The first kappa shape index (κ1) is 15.3. The predicted molar refractivity (Wildman–Crippen MR) is 87.4 cm³/mol. The van der Waals surface area contributed by atoms with Crippen molar-refractivity contribution in [2.24, 2.45) is 0 Å². The van der Waals surface area contributed by atoms with E-state index >= 15 is 0 Å². The predicted octanol–water partition coefficient (Wildman–Crippen LogP) is 4.98. The second kappa shape index (κ2) is 5.70. The Labute approximate surface area is 131 Å². The molecule has 0 saturated carbocycles. The van der Waals surface area contributed by atoms with E-state index in [1.807, 2.05) is 39.8 Å². The number of carbonyl (C=O) groups is 1. The second-order valence-electron chi connectivity index (χ2n) is 4.89. The Balaban J connectivity index is 2.65. The molecule has 0 fully saturated rings. The molecule has 0 N–H and O–H groups in total. The van der Waals surface area contributed by atoms with Crippen LogP contribution in [0.25, 0.3) is 0 Å². The van der Waals surface area contributed by atoms with E-state index in [-0.39, 0.29) is 5.78 Å². The van der Waals surface area contributed by atoms with Crippen LogP contribution in [0.4, 0.5) is 0 Å². The van der Waals surface area contributed by atoms with Gasteiger partial charge in [0.25, 0.3) is 0 Å². The van der Waals surface area contributed by atoms with Crippen molar-refractivity contribution in [1.29, 1.82) is 0 Å². The summed E-state index contributed by atoms with van der Waals surface area (Å²) >= 11 is 5.05. The molecule has 0 amide bonds. The number of ether oxygens (including phenoxy) is 1. The molecule has 0 radical (unpaired) electrons. The van der Waals surface area contributed by atoms with Gasteiger partial charge in [-0.25, -0.2) is 0 Å². The van der Waals surface area contributed by atoms with E-state index in [2.05, 4.69) is 15.9 Å². The van der Waals surface area contributed by atoms with Gasteiger partial charge in [-0.05, 0) is 56.5 Å². The van der Waals surface area contributed by atoms with Gasteiger partial charge in [-0.2, -0.15) is 0 Å². The Morgan fingerprint density at radius 1 is 1.15 bits per heavy atom. The van der Waals surface area contributed by atoms with Crippen molar-refractivity contribution in [2.45, 2.75) is 27.7 Å². The molecule has 4 heteroatoms. The van der Waals surface area contributed by atoms with Crippen LogP contribution in [0.15, 0.2) is 16.6 Å². The molecule has 0 atom stereocenters. The zero-order valence-corrected chi connectivity index (χ0v) is 14.7. The molecule has 2 aromatic rings. The van der Waals surface area contributed by atoms with Crippen LogP contribution in [0.2, 0.25) is 0 Å². The lowest BCUT2D eigenvalue weighted by molar-refractivity contribution is 0.103. The summed E-state index contributed by atoms with van der Waals surface area (Å²) in [4.78, 5) is 14.8. The zero-order chi connectivity index (χ0) is 15.0. The fourth-order valence-electron chi connectivity index (χ4n) is 2.20. The fourth-order valence-corrected chi connectivity index (χ4v) is 3.72. The maximum absolute atomic E-state index is 12.8. The fraction of sp³-hybridized carbons (Fsp3) is 0.312. The molecular formula is C16H17BrO2S. The van der Waals surface area contributed by atoms with Crippen molar-refractivity contribution >= 4 is 33.0 Å². The lowest BCUT2D eigenvalue weighted by atomic mass is 9.99. The average Bonchev–Trinajstić information content (AvgIpc) is 2.73. The summed E-state index contributed by atoms with van der Waals surface area (Å²) in [5, 5.41) is 0. The SMILES string of the molecule is COc1c(C)cc(Br)c(C)c1C(=O)c1cc(C)c(C)s1. The average molecular weight is 353 g/mol. The molecule has 1 aromatic heterocycles. The number of benzene rings is 1. The van der Waals surface area contributed by atoms with Crippen LogP contribution in [0.3, 0.4) is 0 Å². The first-order chi connectivity index (χ1) is 9.36. The van der Waals surface area contributed by atoms with Crippen LogP contribution in [0.5, 0.6) is 5.75 Å². The molecule has 2 rings (SSSR count). The van der Waals surface area contributed by atoms with Crippen molar-refractivity contribution in [3.05, 3.63) is 48.6 Å². The van der Waals surface area contributed by atoms with Crippen LogP contribution in [-0.4, -0.2) is 12.9 Å². The number of rotatable bonds is 3. The van der Waals surface area contributed by atoms with E-state index in [4.69, 9.17) is 4.74 Å². The summed E-state index contributed by atoms with van der Waals surface area (Å²) in [6, 6.07) is 3.94. The number of aryl methyl sites for hydroxylation is 3. The van der Waals surface area contributed by atoms with Crippen LogP contribution in [0, 0.1) is 27.7 Å². The molecule has 0 spiro atoms. The van der Waals surface area contributed by atoms with Gasteiger partial charge in [0.05, 0.1) is 17.6 Å². The van der Waals surface area contributed by atoms with Crippen LogP contribution in [-0.2, 0) is 0 Å². The lowest BCUT2D eigenvalue weighted by Crippen LogP contribution is -2.07. The summed E-state index contributed by atoms with van der Waals surface area (Å²) < 4.78 is 6.39. The van der Waals surface area contributed by atoms with Gasteiger partial charge in [-0.1, -0.05) is 15.9 Å². The number of halogens is 1. The number of hydrogen-bond donors (Lipinski definition) is 0. The van der Waals surface area contributed by atoms with Gasteiger partial charge in [0, 0.05) is 9.35 Å². The molecule has 0 aliphatic heterocycles. The highest BCUT2D eigenvalue weighted by Crippen LogP contribution is 2.35. The van der Waals surface area contributed by atoms with E-state index in [9.17, 15) is 4.79 Å². The van der Waals surface area contributed by atoms with Crippen molar-refractivity contribution in [3.8, 4) is 5.75 Å².